The van der Waals surface area contributed by atoms with Crippen LogP contribution in [0.2, 0.25) is 0 Å². The van der Waals surface area contributed by atoms with Gasteiger partial charge in [0.25, 0.3) is 5.56 Å². The maximum atomic E-state index is 11.9. The lowest BCUT2D eigenvalue weighted by molar-refractivity contribution is 0.630. The summed E-state index contributed by atoms with van der Waals surface area (Å²) in [6.45, 7) is 3.00. The SMILES string of the molecule is CCn1cc(Cn2c(=O)c(I)cn(C)c2=O)cn1. The van der Waals surface area contributed by atoms with Crippen LogP contribution in [0.4, 0.5) is 0 Å². The largest absolute Gasteiger partial charge is 0.331 e. The Labute approximate surface area is 117 Å². The third-order valence-corrected chi connectivity index (χ3v) is 3.38. The predicted octanol–water partition coefficient (Wildman–Crippen LogP) is 0.416. The van der Waals surface area contributed by atoms with Gasteiger partial charge >= 0.3 is 5.69 Å². The van der Waals surface area contributed by atoms with Crippen molar-refractivity contribution in [3.63, 3.8) is 0 Å². The van der Waals surface area contributed by atoms with Crippen molar-refractivity contribution in [3.05, 3.63) is 48.6 Å². The first-order chi connectivity index (χ1) is 8.52. The van der Waals surface area contributed by atoms with Gasteiger partial charge in [-0.05, 0) is 29.5 Å². The van der Waals surface area contributed by atoms with Crippen molar-refractivity contribution in [2.45, 2.75) is 20.0 Å². The fraction of sp³-hybridized carbons (Fsp3) is 0.364. The molecule has 18 heavy (non-hydrogen) atoms. The monoisotopic (exact) mass is 360 g/mol. The van der Waals surface area contributed by atoms with Crippen molar-refractivity contribution >= 4 is 22.6 Å². The Balaban J connectivity index is 2.46. The number of nitrogens with zero attached hydrogens (tertiary/aromatic N) is 4. The lowest BCUT2D eigenvalue weighted by atomic mass is 10.3. The molecule has 0 atom stereocenters. The van der Waals surface area contributed by atoms with Crippen molar-refractivity contribution in [3.8, 4) is 0 Å². The number of aromatic nitrogens is 4. The van der Waals surface area contributed by atoms with Gasteiger partial charge in [0.15, 0.2) is 0 Å². The molecule has 0 spiro atoms. The molecule has 2 rings (SSSR count). The van der Waals surface area contributed by atoms with Gasteiger partial charge in [-0.1, -0.05) is 0 Å². The second-order valence-corrected chi connectivity index (χ2v) is 5.13. The summed E-state index contributed by atoms with van der Waals surface area (Å²) in [5.74, 6) is 0. The average Bonchev–Trinajstić information content (AvgIpc) is 2.80. The molecule has 0 aliphatic rings. The Morgan fingerprint density at radius 2 is 2.06 bits per heavy atom. The van der Waals surface area contributed by atoms with Crippen LogP contribution in [0.3, 0.4) is 0 Å². The number of hydrogen-bond donors (Lipinski definition) is 0. The summed E-state index contributed by atoms with van der Waals surface area (Å²) < 4.78 is 4.92. The molecule has 0 aliphatic carbocycles. The molecule has 0 aliphatic heterocycles. The van der Waals surface area contributed by atoms with Crippen LogP contribution in [-0.2, 0) is 20.1 Å². The summed E-state index contributed by atoms with van der Waals surface area (Å²) in [6.07, 6.45) is 5.05. The molecule has 6 nitrogen and oxygen atoms in total. The second-order valence-electron chi connectivity index (χ2n) is 3.97. The third-order valence-electron chi connectivity index (χ3n) is 2.64. The summed E-state index contributed by atoms with van der Waals surface area (Å²) >= 11 is 1.93. The van der Waals surface area contributed by atoms with Gasteiger partial charge < -0.3 is 4.57 Å². The zero-order valence-corrected chi connectivity index (χ0v) is 12.3. The van der Waals surface area contributed by atoms with Gasteiger partial charge in [-0.3, -0.25) is 14.0 Å². The van der Waals surface area contributed by atoms with E-state index in [9.17, 15) is 9.59 Å². The Morgan fingerprint density at radius 1 is 1.33 bits per heavy atom. The highest BCUT2D eigenvalue weighted by Crippen LogP contribution is 2.00. The van der Waals surface area contributed by atoms with Gasteiger partial charge in [-0.2, -0.15) is 5.10 Å². The van der Waals surface area contributed by atoms with Crippen molar-refractivity contribution in [1.29, 1.82) is 0 Å². The maximum Gasteiger partial charge on any atom is 0.331 e. The summed E-state index contributed by atoms with van der Waals surface area (Å²) in [7, 11) is 1.63. The van der Waals surface area contributed by atoms with Crippen molar-refractivity contribution in [2.24, 2.45) is 7.05 Å². The fourth-order valence-corrected chi connectivity index (χ4v) is 2.38. The van der Waals surface area contributed by atoms with Crippen LogP contribution < -0.4 is 11.2 Å². The molecular formula is C11H13IN4O2. The van der Waals surface area contributed by atoms with Crippen LogP contribution in [0.25, 0.3) is 0 Å². The van der Waals surface area contributed by atoms with Crippen molar-refractivity contribution in [2.75, 3.05) is 0 Å². The van der Waals surface area contributed by atoms with Gasteiger partial charge in [-0.15, -0.1) is 0 Å². The molecule has 7 heteroatoms. The summed E-state index contributed by atoms with van der Waals surface area (Å²) in [6, 6.07) is 0. The van der Waals surface area contributed by atoms with Gasteiger partial charge in [0, 0.05) is 31.5 Å². The van der Waals surface area contributed by atoms with Gasteiger partial charge in [0.05, 0.1) is 16.3 Å². The minimum atomic E-state index is -0.315. The molecule has 0 saturated heterocycles. The van der Waals surface area contributed by atoms with E-state index < -0.39 is 0 Å². The van der Waals surface area contributed by atoms with Gasteiger partial charge in [0.2, 0.25) is 0 Å². The molecule has 0 unspecified atom stereocenters. The number of hydrogen-bond acceptors (Lipinski definition) is 3. The molecule has 2 heterocycles. The minimum Gasteiger partial charge on any atom is -0.302 e. The summed E-state index contributed by atoms with van der Waals surface area (Å²) in [5, 5.41) is 4.13. The Bertz CT molecular complexity index is 649. The average molecular weight is 360 g/mol. The summed E-state index contributed by atoms with van der Waals surface area (Å²) in [4.78, 5) is 23.9. The molecule has 2 aromatic heterocycles. The van der Waals surface area contributed by atoms with Crippen LogP contribution in [0, 0.1) is 3.57 Å². The first kappa shape index (κ1) is 13.1. The van der Waals surface area contributed by atoms with E-state index in [1.165, 1.54) is 15.3 Å². The van der Waals surface area contributed by atoms with E-state index in [0.29, 0.717) is 3.57 Å². The van der Waals surface area contributed by atoms with E-state index in [2.05, 4.69) is 5.10 Å². The molecule has 0 bridgehead atoms. The Hall–Kier alpha value is -1.38. The number of rotatable bonds is 3. The zero-order chi connectivity index (χ0) is 13.3. The van der Waals surface area contributed by atoms with Gasteiger partial charge in [-0.25, -0.2) is 4.79 Å². The van der Waals surface area contributed by atoms with Crippen LogP contribution >= 0.6 is 22.6 Å². The zero-order valence-electron chi connectivity index (χ0n) is 10.1. The van der Waals surface area contributed by atoms with E-state index in [4.69, 9.17) is 0 Å². The molecule has 96 valence electrons. The fourth-order valence-electron chi connectivity index (χ4n) is 1.67. The number of halogens is 1. The van der Waals surface area contributed by atoms with E-state index in [0.717, 1.165) is 12.1 Å². The van der Waals surface area contributed by atoms with Crippen LogP contribution in [0.1, 0.15) is 12.5 Å². The third kappa shape index (κ3) is 2.40. The van der Waals surface area contributed by atoms with E-state index in [1.807, 2.05) is 35.7 Å². The molecule has 0 amide bonds. The van der Waals surface area contributed by atoms with Crippen molar-refractivity contribution in [1.82, 2.24) is 18.9 Å². The maximum absolute atomic E-state index is 11.9. The molecule has 2 aromatic rings. The van der Waals surface area contributed by atoms with E-state index >= 15 is 0 Å². The molecule has 0 fully saturated rings. The molecule has 0 aromatic carbocycles. The second kappa shape index (κ2) is 5.09. The standard InChI is InChI=1S/C11H13IN4O2/c1-3-15-5-8(4-13-15)6-16-10(17)9(12)7-14(2)11(16)18/h4-5,7H,3,6H2,1-2H3. The van der Waals surface area contributed by atoms with Gasteiger partial charge in [0.1, 0.15) is 0 Å². The molecular weight excluding hydrogens is 347 g/mol. The predicted molar refractivity (Wildman–Crippen MR) is 75.7 cm³/mol. The number of aryl methyl sites for hydroxylation is 2. The van der Waals surface area contributed by atoms with Crippen LogP contribution in [0.5, 0.6) is 0 Å². The molecule has 0 radical (unpaired) electrons. The normalized spacial score (nSPS) is 10.8. The van der Waals surface area contributed by atoms with Crippen LogP contribution in [-0.4, -0.2) is 18.9 Å². The minimum absolute atomic E-state index is 0.252. The van der Waals surface area contributed by atoms with Crippen LogP contribution in [0.15, 0.2) is 28.2 Å². The van der Waals surface area contributed by atoms with E-state index in [-0.39, 0.29) is 17.8 Å². The lowest BCUT2D eigenvalue weighted by Crippen LogP contribution is -2.40. The highest BCUT2D eigenvalue weighted by molar-refractivity contribution is 14.1. The molecule has 0 N–H and O–H groups in total. The Kier molecular flexibility index (Phi) is 3.69. The highest BCUT2D eigenvalue weighted by atomic mass is 127. The van der Waals surface area contributed by atoms with E-state index in [1.54, 1.807) is 17.9 Å². The highest BCUT2D eigenvalue weighted by Gasteiger charge is 2.09. The topological polar surface area (TPSA) is 61.8 Å². The molecule has 0 saturated carbocycles. The lowest BCUT2D eigenvalue weighted by Gasteiger charge is -2.06. The Morgan fingerprint density at radius 3 is 2.67 bits per heavy atom. The first-order valence-corrected chi connectivity index (χ1v) is 6.58. The smallest absolute Gasteiger partial charge is 0.302 e. The first-order valence-electron chi connectivity index (χ1n) is 5.50. The summed E-state index contributed by atoms with van der Waals surface area (Å²) in [5.41, 5.74) is 0.269. The van der Waals surface area contributed by atoms with Crippen molar-refractivity contribution < 1.29 is 0 Å². The quantitative estimate of drug-likeness (QED) is 0.746.